The molecule has 2 atom stereocenters. The molecule has 1 aromatic heterocycles. The number of rotatable bonds is 4. The monoisotopic (exact) mass is 337 g/mol. The van der Waals surface area contributed by atoms with E-state index in [1.807, 2.05) is 4.90 Å². The van der Waals surface area contributed by atoms with Crippen LogP contribution >= 0.6 is 11.8 Å². The summed E-state index contributed by atoms with van der Waals surface area (Å²) in [4.78, 5) is 1.84. The molecule has 0 bridgehead atoms. The predicted octanol–water partition coefficient (Wildman–Crippen LogP) is 2.92. The molecule has 1 aliphatic heterocycles. The maximum absolute atomic E-state index is 4.60. The van der Waals surface area contributed by atoms with Gasteiger partial charge in [0.2, 0.25) is 0 Å². The number of quaternary nitrogens is 1. The lowest BCUT2D eigenvalue weighted by Gasteiger charge is -2.38. The van der Waals surface area contributed by atoms with Crippen LogP contribution in [0.15, 0.2) is 5.16 Å². The fourth-order valence-electron chi connectivity index (χ4n) is 4.55. The number of hydrogen-bond acceptors (Lipinski definition) is 3. The molecule has 1 saturated carbocycles. The van der Waals surface area contributed by atoms with Gasteiger partial charge in [0.05, 0.1) is 25.0 Å². The van der Waals surface area contributed by atoms with E-state index >= 15 is 0 Å². The average molecular weight is 338 g/mol. The summed E-state index contributed by atoms with van der Waals surface area (Å²) in [6.45, 7) is 9.55. The van der Waals surface area contributed by atoms with Crippen LogP contribution in [-0.2, 0) is 0 Å². The quantitative estimate of drug-likeness (QED) is 0.858. The maximum Gasteiger partial charge on any atom is 0.191 e. The molecule has 5 heteroatoms. The topological polar surface area (TPSA) is 35.2 Å². The smallest absolute Gasteiger partial charge is 0.191 e. The first-order valence-electron chi connectivity index (χ1n) is 9.43. The number of piperidine rings is 1. The van der Waals surface area contributed by atoms with Gasteiger partial charge in [-0.1, -0.05) is 18.7 Å². The molecule has 4 nitrogen and oxygen atoms in total. The van der Waals surface area contributed by atoms with Gasteiger partial charge in [-0.2, -0.15) is 0 Å². The van der Waals surface area contributed by atoms with E-state index in [0.29, 0.717) is 12.0 Å². The van der Waals surface area contributed by atoms with Gasteiger partial charge < -0.3 is 9.47 Å². The Balaban J connectivity index is 1.72. The summed E-state index contributed by atoms with van der Waals surface area (Å²) in [6, 6.07) is 1.34. The zero-order chi connectivity index (χ0) is 16.4. The molecular formula is C18H33N4S+. The third-order valence-corrected chi connectivity index (χ3v) is 6.55. The molecule has 1 aliphatic carbocycles. The maximum atomic E-state index is 4.60. The highest BCUT2D eigenvalue weighted by molar-refractivity contribution is 7.98. The number of likely N-dealkylation sites (tertiary alicyclic amines) is 1. The fourth-order valence-corrected chi connectivity index (χ4v) is 5.17. The van der Waals surface area contributed by atoms with Crippen molar-refractivity contribution in [2.45, 2.75) is 82.5 Å². The summed E-state index contributed by atoms with van der Waals surface area (Å²) in [6.07, 6.45) is 10.4. The lowest BCUT2D eigenvalue weighted by atomic mass is 9.85. The van der Waals surface area contributed by atoms with Crippen LogP contribution in [0.1, 0.15) is 77.1 Å². The van der Waals surface area contributed by atoms with E-state index < -0.39 is 0 Å². The summed E-state index contributed by atoms with van der Waals surface area (Å²) >= 11 is 1.72. The van der Waals surface area contributed by atoms with Gasteiger partial charge in [-0.15, -0.1) is 10.2 Å². The van der Waals surface area contributed by atoms with Gasteiger partial charge in [-0.25, -0.2) is 0 Å². The van der Waals surface area contributed by atoms with Gasteiger partial charge in [0.25, 0.3) is 0 Å². The van der Waals surface area contributed by atoms with Crippen molar-refractivity contribution in [3.8, 4) is 0 Å². The van der Waals surface area contributed by atoms with Crippen molar-refractivity contribution in [2.24, 2.45) is 5.92 Å². The van der Waals surface area contributed by atoms with Gasteiger partial charge in [0.15, 0.2) is 5.16 Å². The van der Waals surface area contributed by atoms with Gasteiger partial charge in [-0.3, -0.25) is 0 Å². The molecule has 0 amide bonds. The highest BCUT2D eigenvalue weighted by atomic mass is 32.2. The van der Waals surface area contributed by atoms with Gasteiger partial charge in [-0.05, 0) is 64.5 Å². The summed E-state index contributed by atoms with van der Waals surface area (Å²) in [7, 11) is 0. The SMILES string of the molecule is CSc1nnc([C@@H]2CCC[NH+](C3CCC(C)CC3)C2)n1C(C)C. The van der Waals surface area contributed by atoms with Crippen LogP contribution in [0.3, 0.4) is 0 Å². The lowest BCUT2D eigenvalue weighted by molar-refractivity contribution is -0.933. The molecule has 2 aliphatic rings. The second kappa shape index (κ2) is 7.56. The Hall–Kier alpha value is -0.550. The van der Waals surface area contributed by atoms with Crippen molar-refractivity contribution in [1.29, 1.82) is 0 Å². The molecule has 2 heterocycles. The van der Waals surface area contributed by atoms with E-state index in [0.717, 1.165) is 17.1 Å². The molecule has 23 heavy (non-hydrogen) atoms. The summed E-state index contributed by atoms with van der Waals surface area (Å²) in [5.74, 6) is 2.78. The molecule has 1 saturated heterocycles. The van der Waals surface area contributed by atoms with Gasteiger partial charge >= 0.3 is 0 Å². The van der Waals surface area contributed by atoms with Crippen molar-refractivity contribution < 1.29 is 4.90 Å². The predicted molar refractivity (Wildman–Crippen MR) is 96.3 cm³/mol. The Labute approximate surface area is 145 Å². The number of aromatic nitrogens is 3. The zero-order valence-electron chi connectivity index (χ0n) is 15.2. The van der Waals surface area contributed by atoms with Crippen LogP contribution in [-0.4, -0.2) is 40.2 Å². The van der Waals surface area contributed by atoms with Crippen LogP contribution < -0.4 is 4.90 Å². The average Bonchev–Trinajstić information content (AvgIpc) is 3.00. The molecule has 1 aromatic rings. The summed E-state index contributed by atoms with van der Waals surface area (Å²) < 4.78 is 2.38. The van der Waals surface area contributed by atoms with E-state index in [1.54, 1.807) is 11.8 Å². The van der Waals surface area contributed by atoms with Gasteiger partial charge in [0.1, 0.15) is 5.82 Å². The minimum Gasteiger partial charge on any atom is -0.332 e. The standard InChI is InChI=1S/C18H32N4S/c1-13(2)22-17(19-20-18(22)23-4)15-6-5-11-21(12-15)16-9-7-14(3)8-10-16/h13-16H,5-12H2,1-4H3/p+1/t14?,15-,16?/m1/s1. The highest BCUT2D eigenvalue weighted by Gasteiger charge is 2.34. The minimum absolute atomic E-state index is 0.448. The van der Waals surface area contributed by atoms with Crippen molar-refractivity contribution in [2.75, 3.05) is 19.3 Å². The number of hydrogen-bond donors (Lipinski definition) is 1. The fraction of sp³-hybridized carbons (Fsp3) is 0.889. The second-order valence-corrected chi connectivity index (χ2v) is 8.69. The van der Waals surface area contributed by atoms with E-state index in [9.17, 15) is 0 Å². The third kappa shape index (κ3) is 3.76. The molecule has 0 radical (unpaired) electrons. The highest BCUT2D eigenvalue weighted by Crippen LogP contribution is 2.28. The number of thioether (sulfide) groups is 1. The van der Waals surface area contributed by atoms with Crippen molar-refractivity contribution >= 4 is 11.8 Å². The molecule has 2 fully saturated rings. The van der Waals surface area contributed by atoms with Crippen molar-refractivity contribution in [3.05, 3.63) is 5.82 Å². The molecule has 3 rings (SSSR count). The summed E-state index contributed by atoms with van der Waals surface area (Å²) in [5.41, 5.74) is 0. The Morgan fingerprint density at radius 2 is 1.87 bits per heavy atom. The van der Waals surface area contributed by atoms with Gasteiger partial charge in [0, 0.05) is 6.04 Å². The Morgan fingerprint density at radius 1 is 1.13 bits per heavy atom. The third-order valence-electron chi connectivity index (χ3n) is 5.91. The van der Waals surface area contributed by atoms with E-state index in [2.05, 4.69) is 41.8 Å². The Kier molecular flexibility index (Phi) is 5.68. The zero-order valence-corrected chi connectivity index (χ0v) is 16.0. The first-order chi connectivity index (χ1) is 11.1. The number of nitrogens with zero attached hydrogens (tertiary/aromatic N) is 3. The van der Waals surface area contributed by atoms with E-state index in [1.165, 1.54) is 57.4 Å². The van der Waals surface area contributed by atoms with Crippen molar-refractivity contribution in [1.82, 2.24) is 14.8 Å². The van der Waals surface area contributed by atoms with Crippen LogP contribution in [0.25, 0.3) is 0 Å². The Morgan fingerprint density at radius 3 is 2.52 bits per heavy atom. The molecule has 0 spiro atoms. The van der Waals surface area contributed by atoms with E-state index in [4.69, 9.17) is 0 Å². The Bertz CT molecular complexity index is 505. The lowest BCUT2D eigenvalue weighted by Crippen LogP contribution is -3.17. The molecular weight excluding hydrogens is 304 g/mol. The molecule has 1 unspecified atom stereocenters. The van der Waals surface area contributed by atoms with E-state index in [-0.39, 0.29) is 0 Å². The van der Waals surface area contributed by atoms with Crippen LogP contribution in [0.2, 0.25) is 0 Å². The molecule has 1 N–H and O–H groups in total. The normalized spacial score (nSPS) is 32.4. The molecule has 130 valence electrons. The second-order valence-electron chi connectivity index (χ2n) is 7.92. The molecule has 0 aromatic carbocycles. The van der Waals surface area contributed by atoms with Crippen molar-refractivity contribution in [3.63, 3.8) is 0 Å². The number of nitrogens with one attached hydrogen (secondary N) is 1. The summed E-state index contributed by atoms with van der Waals surface area (Å²) in [5, 5.41) is 10.1. The first kappa shape index (κ1) is 17.3. The van der Waals surface area contributed by atoms with Crippen LogP contribution in [0, 0.1) is 5.92 Å². The minimum atomic E-state index is 0.448. The largest absolute Gasteiger partial charge is 0.332 e. The first-order valence-corrected chi connectivity index (χ1v) is 10.7. The van der Waals surface area contributed by atoms with Crippen LogP contribution in [0.4, 0.5) is 0 Å². The van der Waals surface area contributed by atoms with Crippen LogP contribution in [0.5, 0.6) is 0 Å².